The Balaban J connectivity index is 2.17. The molecule has 0 aliphatic carbocycles. The lowest BCUT2D eigenvalue weighted by Gasteiger charge is -2.04. The minimum absolute atomic E-state index is 0.311. The molecular weight excluding hydrogens is 206 g/mol. The maximum absolute atomic E-state index is 5.29. The lowest BCUT2D eigenvalue weighted by Crippen LogP contribution is -2.23. The van der Waals surface area contributed by atoms with Gasteiger partial charge in [0.05, 0.1) is 6.26 Å². The molecule has 16 heavy (non-hydrogen) atoms. The summed E-state index contributed by atoms with van der Waals surface area (Å²) in [6.07, 6.45) is 2.33. The average Bonchev–Trinajstić information content (AvgIpc) is 2.86. The van der Waals surface area contributed by atoms with E-state index in [0.717, 1.165) is 5.56 Å². The van der Waals surface area contributed by atoms with Crippen LogP contribution in [0, 0.1) is 6.92 Å². The van der Waals surface area contributed by atoms with Gasteiger partial charge in [-0.05, 0) is 32.5 Å². The molecule has 1 N–H and O–H groups in total. The van der Waals surface area contributed by atoms with Gasteiger partial charge in [0.15, 0.2) is 5.76 Å². The van der Waals surface area contributed by atoms with Gasteiger partial charge in [0, 0.05) is 12.5 Å². The summed E-state index contributed by atoms with van der Waals surface area (Å²) in [4.78, 5) is 4.29. The van der Waals surface area contributed by atoms with Crippen LogP contribution in [-0.4, -0.2) is 23.2 Å². The molecule has 2 rings (SSSR count). The first kappa shape index (κ1) is 10.9. The molecule has 5 heteroatoms. The van der Waals surface area contributed by atoms with Gasteiger partial charge in [0.2, 0.25) is 11.7 Å². The molecule has 0 spiro atoms. The largest absolute Gasteiger partial charge is 0.461 e. The normalized spacial score (nSPS) is 12.9. The van der Waals surface area contributed by atoms with Crippen LogP contribution in [0.4, 0.5) is 0 Å². The fourth-order valence-electron chi connectivity index (χ4n) is 1.40. The van der Waals surface area contributed by atoms with E-state index in [1.54, 1.807) is 6.26 Å². The first-order chi connectivity index (χ1) is 7.70. The zero-order valence-electron chi connectivity index (χ0n) is 9.65. The first-order valence-corrected chi connectivity index (χ1v) is 5.25. The Kier molecular flexibility index (Phi) is 3.05. The van der Waals surface area contributed by atoms with Crippen LogP contribution in [0.1, 0.15) is 18.4 Å². The fraction of sp³-hybridized carbons (Fsp3) is 0.455. The lowest BCUT2D eigenvalue weighted by atomic mass is 10.2. The Morgan fingerprint density at radius 3 is 2.94 bits per heavy atom. The maximum Gasteiger partial charge on any atom is 0.238 e. The van der Waals surface area contributed by atoms with Crippen molar-refractivity contribution in [1.82, 2.24) is 15.5 Å². The molecule has 2 aromatic rings. The van der Waals surface area contributed by atoms with E-state index in [1.165, 1.54) is 0 Å². The number of aryl methyl sites for hydroxylation is 1. The molecule has 0 saturated carbocycles. The van der Waals surface area contributed by atoms with Crippen LogP contribution in [-0.2, 0) is 6.42 Å². The number of rotatable bonds is 4. The molecule has 86 valence electrons. The highest BCUT2D eigenvalue weighted by atomic mass is 16.5. The molecule has 5 nitrogen and oxygen atoms in total. The molecule has 0 aliphatic heterocycles. The van der Waals surface area contributed by atoms with Crippen LogP contribution in [0.3, 0.4) is 0 Å². The van der Waals surface area contributed by atoms with Crippen LogP contribution in [0.5, 0.6) is 0 Å². The third-order valence-corrected chi connectivity index (χ3v) is 2.51. The van der Waals surface area contributed by atoms with Crippen molar-refractivity contribution < 1.29 is 8.94 Å². The van der Waals surface area contributed by atoms with Gasteiger partial charge >= 0.3 is 0 Å². The summed E-state index contributed by atoms with van der Waals surface area (Å²) in [6.45, 7) is 4.01. The summed E-state index contributed by atoms with van der Waals surface area (Å²) in [5.41, 5.74) is 1.01. The van der Waals surface area contributed by atoms with E-state index >= 15 is 0 Å². The van der Waals surface area contributed by atoms with Gasteiger partial charge in [0.1, 0.15) is 0 Å². The number of nitrogens with zero attached hydrogens (tertiary/aromatic N) is 2. The smallest absolute Gasteiger partial charge is 0.238 e. The van der Waals surface area contributed by atoms with Gasteiger partial charge < -0.3 is 14.3 Å². The van der Waals surface area contributed by atoms with E-state index in [0.29, 0.717) is 29.9 Å². The SMILES string of the molecule is CNC(C)Cc1nc(-c2occc2C)no1. The summed E-state index contributed by atoms with van der Waals surface area (Å²) in [6, 6.07) is 2.19. The van der Waals surface area contributed by atoms with Gasteiger partial charge in [-0.2, -0.15) is 4.98 Å². The van der Waals surface area contributed by atoms with Crippen molar-refractivity contribution in [3.8, 4) is 11.6 Å². The molecule has 1 unspecified atom stereocenters. The third kappa shape index (κ3) is 2.14. The fourth-order valence-corrected chi connectivity index (χ4v) is 1.40. The van der Waals surface area contributed by atoms with E-state index in [4.69, 9.17) is 8.94 Å². The van der Waals surface area contributed by atoms with Crippen LogP contribution in [0.2, 0.25) is 0 Å². The summed E-state index contributed by atoms with van der Waals surface area (Å²) in [7, 11) is 1.90. The number of hydrogen-bond acceptors (Lipinski definition) is 5. The highest BCUT2D eigenvalue weighted by molar-refractivity contribution is 5.50. The molecule has 0 amide bonds. The van der Waals surface area contributed by atoms with Crippen molar-refractivity contribution in [3.63, 3.8) is 0 Å². The molecular formula is C11H15N3O2. The molecule has 2 aromatic heterocycles. The minimum Gasteiger partial charge on any atom is -0.461 e. The van der Waals surface area contributed by atoms with E-state index in [9.17, 15) is 0 Å². The summed E-state index contributed by atoms with van der Waals surface area (Å²) < 4.78 is 10.4. The highest BCUT2D eigenvalue weighted by Gasteiger charge is 2.14. The Morgan fingerprint density at radius 1 is 1.50 bits per heavy atom. The van der Waals surface area contributed by atoms with Crippen molar-refractivity contribution in [2.75, 3.05) is 7.05 Å². The van der Waals surface area contributed by atoms with Gasteiger partial charge in [-0.15, -0.1) is 0 Å². The molecule has 0 aliphatic rings. The number of likely N-dealkylation sites (N-methyl/N-ethyl adjacent to an activating group) is 1. The zero-order valence-corrected chi connectivity index (χ0v) is 9.65. The van der Waals surface area contributed by atoms with Crippen molar-refractivity contribution in [3.05, 3.63) is 23.8 Å². The van der Waals surface area contributed by atoms with E-state index < -0.39 is 0 Å². The van der Waals surface area contributed by atoms with Crippen LogP contribution >= 0.6 is 0 Å². The Hall–Kier alpha value is -1.62. The molecule has 0 fully saturated rings. The van der Waals surface area contributed by atoms with Crippen LogP contribution in [0.25, 0.3) is 11.6 Å². The summed E-state index contributed by atoms with van der Waals surface area (Å²) >= 11 is 0. The maximum atomic E-state index is 5.29. The monoisotopic (exact) mass is 221 g/mol. The standard InChI is InChI=1S/C11H15N3O2/c1-7-4-5-15-10(7)11-13-9(16-14-11)6-8(2)12-3/h4-5,8,12H,6H2,1-3H3. The van der Waals surface area contributed by atoms with E-state index in [-0.39, 0.29) is 0 Å². The van der Waals surface area contributed by atoms with Crippen molar-refractivity contribution >= 4 is 0 Å². The Labute approximate surface area is 93.8 Å². The number of hydrogen-bond donors (Lipinski definition) is 1. The van der Waals surface area contributed by atoms with Gasteiger partial charge in [-0.25, -0.2) is 0 Å². The van der Waals surface area contributed by atoms with Gasteiger partial charge in [0.25, 0.3) is 0 Å². The van der Waals surface area contributed by atoms with Crippen molar-refractivity contribution in [2.45, 2.75) is 26.3 Å². The molecule has 1 atom stereocenters. The third-order valence-electron chi connectivity index (χ3n) is 2.51. The number of aromatic nitrogens is 2. The quantitative estimate of drug-likeness (QED) is 0.852. The lowest BCUT2D eigenvalue weighted by molar-refractivity contribution is 0.364. The number of nitrogens with one attached hydrogen (secondary N) is 1. The molecule has 0 radical (unpaired) electrons. The topological polar surface area (TPSA) is 64.1 Å². The zero-order chi connectivity index (χ0) is 11.5. The molecule has 2 heterocycles. The van der Waals surface area contributed by atoms with E-state index in [2.05, 4.69) is 22.4 Å². The predicted molar refractivity (Wildman–Crippen MR) is 59.0 cm³/mol. The predicted octanol–water partition coefficient (Wildman–Crippen LogP) is 1.79. The van der Waals surface area contributed by atoms with Crippen LogP contribution in [0.15, 0.2) is 21.3 Å². The second-order valence-corrected chi connectivity index (χ2v) is 3.84. The molecule has 0 saturated heterocycles. The Bertz CT molecular complexity index is 461. The second kappa shape index (κ2) is 4.49. The highest BCUT2D eigenvalue weighted by Crippen LogP contribution is 2.21. The van der Waals surface area contributed by atoms with Crippen LogP contribution < -0.4 is 5.32 Å². The molecule has 0 bridgehead atoms. The summed E-state index contributed by atoms with van der Waals surface area (Å²) in [5, 5.41) is 7.02. The van der Waals surface area contributed by atoms with Gasteiger partial charge in [-0.1, -0.05) is 5.16 Å². The second-order valence-electron chi connectivity index (χ2n) is 3.84. The van der Waals surface area contributed by atoms with Crippen molar-refractivity contribution in [1.29, 1.82) is 0 Å². The van der Waals surface area contributed by atoms with Crippen molar-refractivity contribution in [2.24, 2.45) is 0 Å². The Morgan fingerprint density at radius 2 is 2.31 bits per heavy atom. The average molecular weight is 221 g/mol. The number of furan rings is 1. The molecule has 0 aromatic carbocycles. The minimum atomic E-state index is 0.311. The van der Waals surface area contributed by atoms with E-state index in [1.807, 2.05) is 20.0 Å². The first-order valence-electron chi connectivity index (χ1n) is 5.25. The van der Waals surface area contributed by atoms with Gasteiger partial charge in [-0.3, -0.25) is 0 Å². The summed E-state index contributed by atoms with van der Waals surface area (Å²) in [5.74, 6) is 1.81.